The van der Waals surface area contributed by atoms with Crippen LogP contribution in [0.2, 0.25) is 0 Å². The maximum Gasteiger partial charge on any atom is 0.361 e. The van der Waals surface area contributed by atoms with Gasteiger partial charge in [-0.1, -0.05) is 24.4 Å². The Morgan fingerprint density at radius 1 is 1.12 bits per heavy atom. The van der Waals surface area contributed by atoms with Crippen molar-refractivity contribution in [2.45, 2.75) is 58.0 Å². The molecule has 0 spiro atoms. The summed E-state index contributed by atoms with van der Waals surface area (Å²) in [6, 6.07) is 0. The topological polar surface area (TPSA) is 76.0 Å². The third-order valence-electron chi connectivity index (χ3n) is 2.88. The summed E-state index contributed by atoms with van der Waals surface area (Å²) in [4.78, 5) is 26.9. The van der Waals surface area contributed by atoms with Gasteiger partial charge in [0.1, 0.15) is 6.10 Å². The predicted molar refractivity (Wildman–Crippen MR) is 62.9 cm³/mol. The molecule has 96 valence electrons. The molecule has 1 rings (SSSR count). The molecule has 1 N–H and O–H groups in total. The van der Waals surface area contributed by atoms with Gasteiger partial charge in [-0.3, -0.25) is 4.79 Å². The fraction of sp³-hybridized carbons (Fsp3) is 0.750. The van der Waals surface area contributed by atoms with E-state index in [-0.39, 0.29) is 6.10 Å². The van der Waals surface area contributed by atoms with Gasteiger partial charge in [-0.25, -0.2) is 4.79 Å². The Labute approximate surface area is 101 Å². The number of carbonyl (C=O) groups is 2. The van der Waals surface area contributed by atoms with Crippen LogP contribution in [0.4, 0.5) is 0 Å². The SMILES string of the molecule is CC(=O)/C(=N\OC1CCCCCCC1)C(=O)O. The minimum atomic E-state index is -1.33. The van der Waals surface area contributed by atoms with E-state index in [1.54, 1.807) is 0 Å². The quantitative estimate of drug-likeness (QED) is 0.465. The second kappa shape index (κ2) is 7.04. The largest absolute Gasteiger partial charge is 0.476 e. The van der Waals surface area contributed by atoms with Gasteiger partial charge >= 0.3 is 5.97 Å². The zero-order valence-electron chi connectivity index (χ0n) is 10.1. The average molecular weight is 241 g/mol. The number of aliphatic carboxylic acids is 1. The number of rotatable bonds is 4. The second-order valence-electron chi connectivity index (χ2n) is 4.37. The lowest BCUT2D eigenvalue weighted by atomic mass is 9.99. The lowest BCUT2D eigenvalue weighted by molar-refractivity contribution is -0.130. The number of carboxylic acid groups (broad SMARTS) is 1. The van der Waals surface area contributed by atoms with Gasteiger partial charge in [-0.05, 0) is 25.7 Å². The summed E-state index contributed by atoms with van der Waals surface area (Å²) >= 11 is 0. The number of ketones is 1. The van der Waals surface area contributed by atoms with Crippen molar-refractivity contribution in [3.8, 4) is 0 Å². The first-order chi connectivity index (χ1) is 8.11. The molecule has 0 saturated heterocycles. The van der Waals surface area contributed by atoms with Gasteiger partial charge in [0.05, 0.1) is 0 Å². The number of hydrogen-bond acceptors (Lipinski definition) is 4. The highest BCUT2D eigenvalue weighted by atomic mass is 16.6. The molecule has 5 heteroatoms. The van der Waals surface area contributed by atoms with Crippen LogP contribution in [0, 0.1) is 0 Å². The van der Waals surface area contributed by atoms with Crippen LogP contribution < -0.4 is 0 Å². The normalized spacial score (nSPS) is 19.2. The smallest absolute Gasteiger partial charge is 0.361 e. The molecule has 0 aliphatic heterocycles. The van der Waals surface area contributed by atoms with E-state index in [2.05, 4.69) is 5.16 Å². The Hall–Kier alpha value is -1.39. The van der Waals surface area contributed by atoms with Crippen LogP contribution in [0.3, 0.4) is 0 Å². The lowest BCUT2D eigenvalue weighted by Crippen LogP contribution is -2.23. The highest BCUT2D eigenvalue weighted by Crippen LogP contribution is 2.19. The number of carbonyl (C=O) groups excluding carboxylic acids is 1. The first-order valence-electron chi connectivity index (χ1n) is 6.09. The molecule has 0 heterocycles. The van der Waals surface area contributed by atoms with E-state index in [1.807, 2.05) is 0 Å². The van der Waals surface area contributed by atoms with Crippen molar-refractivity contribution >= 4 is 17.5 Å². The highest BCUT2D eigenvalue weighted by Gasteiger charge is 2.18. The van der Waals surface area contributed by atoms with Crippen LogP contribution in [0.25, 0.3) is 0 Å². The molecule has 0 bridgehead atoms. The Balaban J connectivity index is 2.53. The van der Waals surface area contributed by atoms with E-state index in [0.29, 0.717) is 0 Å². The van der Waals surface area contributed by atoms with Gasteiger partial charge in [-0.15, -0.1) is 0 Å². The molecular formula is C12H19NO4. The zero-order chi connectivity index (χ0) is 12.7. The van der Waals surface area contributed by atoms with Crippen molar-refractivity contribution in [2.75, 3.05) is 0 Å². The van der Waals surface area contributed by atoms with Crippen molar-refractivity contribution in [2.24, 2.45) is 5.16 Å². The molecule has 0 atom stereocenters. The first-order valence-corrected chi connectivity index (χ1v) is 6.09. The molecule has 0 aromatic carbocycles. The molecule has 1 fully saturated rings. The minimum absolute atomic E-state index is 0.0519. The Kier molecular flexibility index (Phi) is 5.66. The molecule has 1 aliphatic carbocycles. The van der Waals surface area contributed by atoms with Crippen molar-refractivity contribution in [1.82, 2.24) is 0 Å². The summed E-state index contributed by atoms with van der Waals surface area (Å²) in [5, 5.41) is 12.2. The molecule has 0 unspecified atom stereocenters. The summed E-state index contributed by atoms with van der Waals surface area (Å²) in [6.07, 6.45) is 7.48. The van der Waals surface area contributed by atoms with Crippen molar-refractivity contribution in [3.63, 3.8) is 0 Å². The maximum absolute atomic E-state index is 11.0. The van der Waals surface area contributed by atoms with Gasteiger partial charge in [0, 0.05) is 6.92 Å². The lowest BCUT2D eigenvalue weighted by Gasteiger charge is -2.17. The summed E-state index contributed by atoms with van der Waals surface area (Å²) in [6.45, 7) is 1.18. The van der Waals surface area contributed by atoms with Crippen molar-refractivity contribution < 1.29 is 19.5 Å². The van der Waals surface area contributed by atoms with Crippen LogP contribution >= 0.6 is 0 Å². The molecule has 17 heavy (non-hydrogen) atoms. The molecule has 0 aromatic heterocycles. The summed E-state index contributed by atoms with van der Waals surface area (Å²) in [5.74, 6) is -1.91. The Bertz CT molecular complexity index is 288. The van der Waals surface area contributed by atoms with Gasteiger partial charge in [0.2, 0.25) is 5.71 Å². The Morgan fingerprint density at radius 2 is 1.65 bits per heavy atom. The van der Waals surface area contributed by atoms with E-state index in [1.165, 1.54) is 26.2 Å². The number of carboxylic acids is 1. The van der Waals surface area contributed by atoms with Crippen LogP contribution in [0.5, 0.6) is 0 Å². The third kappa shape index (κ3) is 4.97. The molecule has 0 aromatic rings. The second-order valence-corrected chi connectivity index (χ2v) is 4.37. The fourth-order valence-electron chi connectivity index (χ4n) is 1.91. The standard InChI is InChI=1S/C12H19NO4/c1-9(14)11(12(15)16)13-17-10-7-5-3-2-4-6-8-10/h10H,2-8H2,1H3,(H,15,16)/b13-11+. The maximum atomic E-state index is 11.0. The van der Waals surface area contributed by atoms with Gasteiger partial charge in [0.15, 0.2) is 5.78 Å². The summed E-state index contributed by atoms with van der Waals surface area (Å²) < 4.78 is 0. The molecule has 0 radical (unpaired) electrons. The number of oxime groups is 1. The van der Waals surface area contributed by atoms with E-state index >= 15 is 0 Å². The monoisotopic (exact) mass is 241 g/mol. The van der Waals surface area contributed by atoms with Crippen molar-refractivity contribution in [3.05, 3.63) is 0 Å². The van der Waals surface area contributed by atoms with E-state index in [9.17, 15) is 9.59 Å². The molecule has 5 nitrogen and oxygen atoms in total. The van der Waals surface area contributed by atoms with Gasteiger partial charge < -0.3 is 9.94 Å². The fourth-order valence-corrected chi connectivity index (χ4v) is 1.91. The van der Waals surface area contributed by atoms with Crippen LogP contribution in [-0.4, -0.2) is 28.7 Å². The van der Waals surface area contributed by atoms with E-state index in [0.717, 1.165) is 25.7 Å². The van der Waals surface area contributed by atoms with Crippen LogP contribution in [0.1, 0.15) is 51.9 Å². The zero-order valence-corrected chi connectivity index (χ0v) is 10.1. The molecule has 1 aliphatic rings. The number of nitrogens with zero attached hydrogens (tertiary/aromatic N) is 1. The highest BCUT2D eigenvalue weighted by molar-refractivity contribution is 6.63. The number of hydrogen-bond donors (Lipinski definition) is 1. The van der Waals surface area contributed by atoms with E-state index < -0.39 is 17.5 Å². The van der Waals surface area contributed by atoms with Gasteiger partial charge in [-0.2, -0.15) is 0 Å². The molecule has 1 saturated carbocycles. The Morgan fingerprint density at radius 3 is 2.12 bits per heavy atom. The summed E-state index contributed by atoms with van der Waals surface area (Å²) in [7, 11) is 0. The minimum Gasteiger partial charge on any atom is -0.476 e. The van der Waals surface area contributed by atoms with Crippen molar-refractivity contribution in [1.29, 1.82) is 0 Å². The van der Waals surface area contributed by atoms with Crippen LogP contribution in [-0.2, 0) is 14.4 Å². The molecule has 0 amide bonds. The summed E-state index contributed by atoms with van der Waals surface area (Å²) in [5.41, 5.74) is -0.521. The molecular weight excluding hydrogens is 222 g/mol. The van der Waals surface area contributed by atoms with E-state index in [4.69, 9.17) is 9.94 Å². The third-order valence-corrected chi connectivity index (χ3v) is 2.88. The average Bonchev–Trinajstić information content (AvgIpc) is 2.19. The predicted octanol–water partition coefficient (Wildman–Crippen LogP) is 2.15. The number of Topliss-reactive ketones (excluding diaryl/α,β-unsaturated/α-hetero) is 1. The van der Waals surface area contributed by atoms with Crippen LogP contribution in [0.15, 0.2) is 5.16 Å². The first kappa shape index (κ1) is 13.7. The van der Waals surface area contributed by atoms with Gasteiger partial charge in [0.25, 0.3) is 0 Å².